The molecule has 1 aromatic rings. The van der Waals surface area contributed by atoms with Gasteiger partial charge in [-0.3, -0.25) is 0 Å². The van der Waals surface area contributed by atoms with E-state index in [9.17, 15) is 12.3 Å². The van der Waals surface area contributed by atoms with E-state index < -0.39 is 15.1 Å². The van der Waals surface area contributed by atoms with Gasteiger partial charge < -0.3 is 9.47 Å². The molecule has 0 N–H and O–H groups in total. The number of halogens is 2. The van der Waals surface area contributed by atoms with Gasteiger partial charge in [0.15, 0.2) is 11.5 Å². The molecule has 0 amide bonds. The van der Waals surface area contributed by atoms with Crippen LogP contribution in [0.3, 0.4) is 0 Å². The first-order valence-electron chi connectivity index (χ1n) is 4.52. The molecule has 0 spiro atoms. The van der Waals surface area contributed by atoms with Gasteiger partial charge in [-0.2, -0.15) is 8.42 Å². The first-order chi connectivity index (χ1) is 7.48. The lowest BCUT2D eigenvalue weighted by atomic mass is 10.3. The third-order valence-corrected chi connectivity index (χ3v) is 3.35. The van der Waals surface area contributed by atoms with Gasteiger partial charge in [0.1, 0.15) is 4.90 Å². The summed E-state index contributed by atoms with van der Waals surface area (Å²) < 4.78 is 44.9. The summed E-state index contributed by atoms with van der Waals surface area (Å²) in [6, 6.07) is 2.28. The summed E-state index contributed by atoms with van der Waals surface area (Å²) in [5.41, 5.74) is 0. The third kappa shape index (κ3) is 2.22. The number of hydrogen-bond acceptors (Lipinski definition) is 4. The molecule has 0 bridgehead atoms. The van der Waals surface area contributed by atoms with Gasteiger partial charge in [-0.05, 0) is 0 Å². The number of ether oxygens (including phenoxy) is 2. The molecule has 0 fully saturated rings. The van der Waals surface area contributed by atoms with E-state index in [-0.39, 0.29) is 10.8 Å². The molecule has 1 aromatic carbocycles. The minimum atomic E-state index is -4.85. The van der Waals surface area contributed by atoms with Crippen molar-refractivity contribution < 1.29 is 21.8 Å². The smallest absolute Gasteiger partial charge is 0.333 e. The zero-order valence-electron chi connectivity index (χ0n) is 8.07. The number of benzene rings is 1. The van der Waals surface area contributed by atoms with E-state index in [0.717, 1.165) is 6.07 Å². The summed E-state index contributed by atoms with van der Waals surface area (Å²) >= 11 is 5.64. The van der Waals surface area contributed by atoms with Crippen LogP contribution in [0.15, 0.2) is 17.0 Å². The Balaban J connectivity index is 2.56. The molecule has 0 aliphatic carbocycles. The third-order valence-electron chi connectivity index (χ3n) is 2.06. The van der Waals surface area contributed by atoms with Crippen molar-refractivity contribution in [1.82, 2.24) is 0 Å². The summed E-state index contributed by atoms with van der Waals surface area (Å²) in [6.45, 7) is 0.839. The topological polar surface area (TPSA) is 52.6 Å². The predicted molar refractivity (Wildman–Crippen MR) is 55.4 cm³/mol. The summed E-state index contributed by atoms with van der Waals surface area (Å²) in [6.07, 6.45) is 0.671. The van der Waals surface area contributed by atoms with Crippen molar-refractivity contribution >= 4 is 21.8 Å². The maximum atomic E-state index is 12.8. The Morgan fingerprint density at radius 3 is 2.31 bits per heavy atom. The van der Waals surface area contributed by atoms with E-state index >= 15 is 0 Å². The zero-order chi connectivity index (χ0) is 11.8. The standard InChI is InChI=1S/C9H8ClFO4S/c10-6-4-7-8(15-3-1-2-14-7)5-9(6)16(11,12)13/h4-5H,1-3H2. The number of rotatable bonds is 1. The van der Waals surface area contributed by atoms with Crippen LogP contribution in [0.5, 0.6) is 11.5 Å². The van der Waals surface area contributed by atoms with E-state index in [1.165, 1.54) is 6.07 Å². The molecular formula is C9H8ClFO4S. The van der Waals surface area contributed by atoms with Crippen LogP contribution in [-0.4, -0.2) is 21.6 Å². The van der Waals surface area contributed by atoms with Gasteiger partial charge in [0.2, 0.25) is 0 Å². The molecule has 0 aromatic heterocycles. The highest BCUT2D eigenvalue weighted by atomic mass is 35.5. The fourth-order valence-electron chi connectivity index (χ4n) is 1.35. The van der Waals surface area contributed by atoms with Crippen LogP contribution in [0.4, 0.5) is 3.89 Å². The molecule has 2 rings (SSSR count). The molecule has 0 unspecified atom stereocenters. The average Bonchev–Trinajstić information content (AvgIpc) is 2.39. The predicted octanol–water partition coefficient (Wildman–Crippen LogP) is 2.16. The highest BCUT2D eigenvalue weighted by Gasteiger charge is 2.22. The summed E-state index contributed by atoms with van der Waals surface area (Å²) in [5.74, 6) is 0.521. The Bertz CT molecular complexity index is 514. The maximum Gasteiger partial charge on any atom is 0.333 e. The van der Waals surface area contributed by atoms with Gasteiger partial charge in [0, 0.05) is 18.6 Å². The van der Waals surface area contributed by atoms with Crippen LogP contribution in [0.2, 0.25) is 5.02 Å². The van der Waals surface area contributed by atoms with Crippen LogP contribution >= 0.6 is 11.6 Å². The zero-order valence-corrected chi connectivity index (χ0v) is 9.65. The second-order valence-electron chi connectivity index (χ2n) is 3.22. The highest BCUT2D eigenvalue weighted by molar-refractivity contribution is 7.86. The molecule has 0 saturated heterocycles. The SMILES string of the molecule is O=S(=O)(F)c1cc2c(cc1Cl)OCCCO2. The Labute approximate surface area is 97.1 Å². The van der Waals surface area contributed by atoms with Crippen molar-refractivity contribution in [3.8, 4) is 11.5 Å². The summed E-state index contributed by atoms with van der Waals surface area (Å²) in [5, 5.41) is -0.216. The largest absolute Gasteiger partial charge is 0.490 e. The van der Waals surface area contributed by atoms with Crippen molar-refractivity contribution in [2.45, 2.75) is 11.3 Å². The highest BCUT2D eigenvalue weighted by Crippen LogP contribution is 2.37. The number of hydrogen-bond donors (Lipinski definition) is 0. The quantitative estimate of drug-likeness (QED) is 0.731. The van der Waals surface area contributed by atoms with Gasteiger partial charge >= 0.3 is 10.2 Å². The van der Waals surface area contributed by atoms with Crippen LogP contribution in [0.1, 0.15) is 6.42 Å². The van der Waals surface area contributed by atoms with E-state index in [1.807, 2.05) is 0 Å². The summed E-state index contributed by atoms with van der Waals surface area (Å²) in [7, 11) is -4.85. The van der Waals surface area contributed by atoms with E-state index in [4.69, 9.17) is 21.1 Å². The molecular weight excluding hydrogens is 259 g/mol. The molecule has 1 heterocycles. The number of fused-ring (bicyclic) bond motifs is 1. The lowest BCUT2D eigenvalue weighted by Crippen LogP contribution is -1.98. The van der Waals surface area contributed by atoms with Gasteiger partial charge in [-0.15, -0.1) is 3.89 Å². The van der Waals surface area contributed by atoms with Gasteiger partial charge in [0.25, 0.3) is 0 Å². The molecule has 1 aliphatic rings. The minimum Gasteiger partial charge on any atom is -0.490 e. The van der Waals surface area contributed by atoms with Gasteiger partial charge in [-0.25, -0.2) is 0 Å². The molecule has 4 nitrogen and oxygen atoms in total. The Hall–Kier alpha value is -1.01. The summed E-state index contributed by atoms with van der Waals surface area (Å²) in [4.78, 5) is -0.599. The maximum absolute atomic E-state index is 12.8. The first kappa shape index (κ1) is 11.5. The van der Waals surface area contributed by atoms with Crippen molar-refractivity contribution in [2.75, 3.05) is 13.2 Å². The minimum absolute atomic E-state index is 0.193. The molecule has 88 valence electrons. The average molecular weight is 267 g/mol. The second-order valence-corrected chi connectivity index (χ2v) is 4.94. The Morgan fingerprint density at radius 1 is 1.19 bits per heavy atom. The normalized spacial score (nSPS) is 15.6. The Kier molecular flexibility index (Phi) is 2.94. The van der Waals surface area contributed by atoms with E-state index in [0.29, 0.717) is 25.4 Å². The van der Waals surface area contributed by atoms with E-state index in [1.54, 1.807) is 0 Å². The molecule has 1 aliphatic heterocycles. The monoisotopic (exact) mass is 266 g/mol. The second kappa shape index (κ2) is 4.10. The Morgan fingerprint density at radius 2 is 1.75 bits per heavy atom. The molecule has 16 heavy (non-hydrogen) atoms. The molecule has 0 saturated carbocycles. The van der Waals surface area contributed by atoms with Crippen molar-refractivity contribution in [2.24, 2.45) is 0 Å². The van der Waals surface area contributed by atoms with Gasteiger partial charge in [-0.1, -0.05) is 11.6 Å². The molecule has 0 atom stereocenters. The fraction of sp³-hybridized carbons (Fsp3) is 0.333. The van der Waals surface area contributed by atoms with Crippen LogP contribution in [0.25, 0.3) is 0 Å². The van der Waals surface area contributed by atoms with E-state index in [2.05, 4.69) is 0 Å². The van der Waals surface area contributed by atoms with Crippen molar-refractivity contribution in [3.63, 3.8) is 0 Å². The fourth-order valence-corrected chi connectivity index (χ4v) is 2.32. The molecule has 7 heteroatoms. The van der Waals surface area contributed by atoms with Crippen LogP contribution in [0, 0.1) is 0 Å². The lowest BCUT2D eigenvalue weighted by molar-refractivity contribution is 0.297. The lowest BCUT2D eigenvalue weighted by Gasteiger charge is -2.09. The van der Waals surface area contributed by atoms with Crippen molar-refractivity contribution in [1.29, 1.82) is 0 Å². The first-order valence-corrected chi connectivity index (χ1v) is 6.28. The van der Waals surface area contributed by atoms with Gasteiger partial charge in [0.05, 0.1) is 18.2 Å². The van der Waals surface area contributed by atoms with Crippen LogP contribution in [-0.2, 0) is 10.2 Å². The van der Waals surface area contributed by atoms with Crippen molar-refractivity contribution in [3.05, 3.63) is 17.2 Å². The van der Waals surface area contributed by atoms with Crippen LogP contribution < -0.4 is 9.47 Å². The molecule has 0 radical (unpaired) electrons.